The van der Waals surface area contributed by atoms with Crippen LogP contribution in [0, 0.1) is 5.41 Å². The first-order chi connectivity index (χ1) is 10.0. The molecule has 0 bridgehead atoms. The van der Waals surface area contributed by atoms with Crippen LogP contribution in [0.2, 0.25) is 0 Å². The Labute approximate surface area is 134 Å². The molecule has 1 spiro atoms. The van der Waals surface area contributed by atoms with Gasteiger partial charge in [0.1, 0.15) is 5.54 Å². The first-order valence-corrected chi connectivity index (χ1v) is 8.60. The minimum atomic E-state index is -0.797. The average molecular weight is 352 g/mol. The molecule has 0 saturated heterocycles. The summed E-state index contributed by atoms with van der Waals surface area (Å²) >= 11 is 3.44. The molecule has 1 aromatic rings. The fourth-order valence-electron chi connectivity index (χ4n) is 4.07. The van der Waals surface area contributed by atoms with Gasteiger partial charge in [0.2, 0.25) is 0 Å². The van der Waals surface area contributed by atoms with Gasteiger partial charge < -0.3 is 10.4 Å². The third kappa shape index (κ3) is 2.96. The zero-order valence-electron chi connectivity index (χ0n) is 12.2. The van der Waals surface area contributed by atoms with E-state index in [1.807, 2.05) is 24.3 Å². The Kier molecular flexibility index (Phi) is 4.00. The lowest BCUT2D eigenvalue weighted by Crippen LogP contribution is -2.50. The maximum Gasteiger partial charge on any atom is 0.329 e. The number of aliphatic carboxylic acids is 1. The fraction of sp³-hybridized carbons (Fsp3) is 0.588. The van der Waals surface area contributed by atoms with Crippen molar-refractivity contribution in [3.8, 4) is 0 Å². The predicted octanol–water partition coefficient (Wildman–Crippen LogP) is 4.82. The number of carboxylic acids is 1. The van der Waals surface area contributed by atoms with E-state index in [4.69, 9.17) is 0 Å². The summed E-state index contributed by atoms with van der Waals surface area (Å²) in [5.41, 5.74) is 0.529. The summed E-state index contributed by atoms with van der Waals surface area (Å²) in [6, 6.07) is 7.77. The van der Waals surface area contributed by atoms with Crippen LogP contribution in [0.3, 0.4) is 0 Å². The predicted molar refractivity (Wildman–Crippen MR) is 87.5 cm³/mol. The van der Waals surface area contributed by atoms with Gasteiger partial charge in [-0.25, -0.2) is 4.79 Å². The molecule has 0 radical (unpaired) electrons. The number of benzene rings is 1. The minimum absolute atomic E-state index is 0.442. The molecule has 1 aromatic carbocycles. The van der Waals surface area contributed by atoms with Gasteiger partial charge in [-0.05, 0) is 62.1 Å². The van der Waals surface area contributed by atoms with Crippen LogP contribution in [0.1, 0.15) is 51.4 Å². The molecule has 3 rings (SSSR count). The highest BCUT2D eigenvalue weighted by Crippen LogP contribution is 2.51. The number of carbonyl (C=O) groups is 1. The van der Waals surface area contributed by atoms with Crippen LogP contribution in [0.5, 0.6) is 0 Å². The second-order valence-corrected chi connectivity index (χ2v) is 7.65. The van der Waals surface area contributed by atoms with E-state index in [0.29, 0.717) is 5.41 Å². The SMILES string of the molecule is O=C(O)C1(Nc2cccc(Br)c2)CCC2(CCCC2)CC1. The van der Waals surface area contributed by atoms with Crippen molar-refractivity contribution in [2.24, 2.45) is 5.41 Å². The van der Waals surface area contributed by atoms with E-state index in [-0.39, 0.29) is 0 Å². The van der Waals surface area contributed by atoms with E-state index in [1.165, 1.54) is 25.7 Å². The smallest absolute Gasteiger partial charge is 0.329 e. The van der Waals surface area contributed by atoms with Crippen LogP contribution in [0.4, 0.5) is 5.69 Å². The molecule has 2 fully saturated rings. The molecule has 0 aromatic heterocycles. The van der Waals surface area contributed by atoms with Gasteiger partial charge in [-0.2, -0.15) is 0 Å². The number of hydrogen-bond donors (Lipinski definition) is 2. The molecule has 0 aliphatic heterocycles. The lowest BCUT2D eigenvalue weighted by atomic mass is 9.66. The molecule has 0 amide bonds. The highest BCUT2D eigenvalue weighted by Gasteiger charge is 2.48. The van der Waals surface area contributed by atoms with Crippen LogP contribution in [-0.2, 0) is 4.79 Å². The van der Waals surface area contributed by atoms with Crippen molar-refractivity contribution < 1.29 is 9.90 Å². The van der Waals surface area contributed by atoms with Crippen LogP contribution in [-0.4, -0.2) is 16.6 Å². The van der Waals surface area contributed by atoms with Crippen molar-refractivity contribution in [2.75, 3.05) is 5.32 Å². The van der Waals surface area contributed by atoms with Crippen molar-refractivity contribution >= 4 is 27.6 Å². The van der Waals surface area contributed by atoms with Crippen LogP contribution >= 0.6 is 15.9 Å². The maximum absolute atomic E-state index is 11.9. The number of hydrogen-bond acceptors (Lipinski definition) is 2. The Bertz CT molecular complexity index is 527. The lowest BCUT2D eigenvalue weighted by Gasteiger charge is -2.43. The van der Waals surface area contributed by atoms with E-state index < -0.39 is 11.5 Å². The third-order valence-electron chi connectivity index (χ3n) is 5.45. The van der Waals surface area contributed by atoms with Gasteiger partial charge in [-0.15, -0.1) is 0 Å². The van der Waals surface area contributed by atoms with E-state index in [2.05, 4.69) is 21.2 Å². The number of carboxylic acid groups (broad SMARTS) is 1. The topological polar surface area (TPSA) is 49.3 Å². The normalized spacial score (nSPS) is 23.1. The number of halogens is 1. The molecule has 114 valence electrons. The van der Waals surface area contributed by atoms with Gasteiger partial charge in [0.15, 0.2) is 0 Å². The highest BCUT2D eigenvalue weighted by atomic mass is 79.9. The molecular formula is C17H22BrNO2. The second-order valence-electron chi connectivity index (χ2n) is 6.73. The molecule has 2 aliphatic rings. The molecule has 0 heterocycles. The van der Waals surface area contributed by atoms with Crippen LogP contribution in [0.25, 0.3) is 0 Å². The average Bonchev–Trinajstić information content (AvgIpc) is 2.90. The molecule has 21 heavy (non-hydrogen) atoms. The standard InChI is InChI=1S/C17H22BrNO2/c18-13-4-3-5-14(12-13)19-17(15(20)21)10-8-16(9-11-17)6-1-2-7-16/h3-5,12,19H,1-2,6-11H2,(H,20,21). The van der Waals surface area contributed by atoms with Crippen molar-refractivity contribution in [2.45, 2.75) is 56.9 Å². The van der Waals surface area contributed by atoms with E-state index in [1.54, 1.807) is 0 Å². The minimum Gasteiger partial charge on any atom is -0.480 e. The molecule has 2 saturated carbocycles. The molecule has 3 nitrogen and oxygen atoms in total. The summed E-state index contributed by atoms with van der Waals surface area (Å²) in [6.45, 7) is 0. The maximum atomic E-state index is 11.9. The van der Waals surface area contributed by atoms with E-state index >= 15 is 0 Å². The van der Waals surface area contributed by atoms with Gasteiger partial charge in [-0.1, -0.05) is 34.8 Å². The first-order valence-electron chi connectivity index (χ1n) is 7.81. The van der Waals surface area contributed by atoms with Crippen molar-refractivity contribution in [3.63, 3.8) is 0 Å². The van der Waals surface area contributed by atoms with Gasteiger partial charge in [0, 0.05) is 10.2 Å². The van der Waals surface area contributed by atoms with Gasteiger partial charge in [-0.3, -0.25) is 0 Å². The second kappa shape index (κ2) is 5.64. The highest BCUT2D eigenvalue weighted by molar-refractivity contribution is 9.10. The summed E-state index contributed by atoms with van der Waals surface area (Å²) < 4.78 is 0.969. The molecule has 2 aliphatic carbocycles. The summed E-state index contributed by atoms with van der Waals surface area (Å²) in [4.78, 5) is 11.9. The number of rotatable bonds is 3. The van der Waals surface area contributed by atoms with Crippen LogP contribution in [0.15, 0.2) is 28.7 Å². The summed E-state index contributed by atoms with van der Waals surface area (Å²) in [7, 11) is 0. The number of nitrogens with one attached hydrogen (secondary N) is 1. The zero-order valence-corrected chi connectivity index (χ0v) is 13.8. The molecule has 2 N–H and O–H groups in total. The number of anilines is 1. The van der Waals surface area contributed by atoms with Crippen molar-refractivity contribution in [1.29, 1.82) is 0 Å². The van der Waals surface area contributed by atoms with Gasteiger partial charge in [0.05, 0.1) is 0 Å². The first kappa shape index (κ1) is 14.9. The fourth-order valence-corrected chi connectivity index (χ4v) is 4.47. The Morgan fingerprint density at radius 2 is 1.76 bits per heavy atom. The van der Waals surface area contributed by atoms with E-state index in [9.17, 15) is 9.90 Å². The Hall–Kier alpha value is -1.03. The Balaban J connectivity index is 1.77. The van der Waals surface area contributed by atoms with Gasteiger partial charge in [0.25, 0.3) is 0 Å². The largest absolute Gasteiger partial charge is 0.480 e. The van der Waals surface area contributed by atoms with E-state index in [0.717, 1.165) is 35.8 Å². The van der Waals surface area contributed by atoms with Crippen molar-refractivity contribution in [3.05, 3.63) is 28.7 Å². The van der Waals surface area contributed by atoms with Gasteiger partial charge >= 0.3 is 5.97 Å². The Morgan fingerprint density at radius 1 is 1.10 bits per heavy atom. The molecule has 4 heteroatoms. The van der Waals surface area contributed by atoms with Crippen LogP contribution < -0.4 is 5.32 Å². The van der Waals surface area contributed by atoms with Crippen molar-refractivity contribution in [1.82, 2.24) is 0 Å². The summed E-state index contributed by atoms with van der Waals surface area (Å²) in [5.74, 6) is -0.713. The summed E-state index contributed by atoms with van der Waals surface area (Å²) in [6.07, 6.45) is 8.77. The Morgan fingerprint density at radius 3 is 2.33 bits per heavy atom. The third-order valence-corrected chi connectivity index (χ3v) is 5.94. The lowest BCUT2D eigenvalue weighted by molar-refractivity contribution is -0.144. The molecular weight excluding hydrogens is 330 g/mol. The monoisotopic (exact) mass is 351 g/mol. The molecule has 0 atom stereocenters. The quantitative estimate of drug-likeness (QED) is 0.820. The summed E-state index contributed by atoms with van der Waals surface area (Å²) in [5, 5.41) is 13.1. The zero-order chi connectivity index (χ0) is 14.9. The molecule has 0 unspecified atom stereocenters.